The van der Waals surface area contributed by atoms with Crippen LogP contribution in [0.3, 0.4) is 0 Å². The van der Waals surface area contributed by atoms with E-state index in [1.165, 1.54) is 25.3 Å². The number of ether oxygens (including phenoxy) is 2. The summed E-state index contributed by atoms with van der Waals surface area (Å²) >= 11 is 0. The first-order valence-corrected chi connectivity index (χ1v) is 6.38. The molecule has 2 rings (SSSR count). The molecule has 2 aromatic rings. The highest BCUT2D eigenvalue weighted by Gasteiger charge is 2.14. The second kappa shape index (κ2) is 6.88. The first-order chi connectivity index (χ1) is 10.5. The maximum Gasteiger partial charge on any atom is 0.387 e. The number of nitrogens with zero attached hydrogens (tertiary/aromatic N) is 2. The molecule has 0 spiro atoms. The minimum Gasteiger partial charge on any atom is -0.493 e. The molecule has 0 saturated carbocycles. The van der Waals surface area contributed by atoms with Crippen LogP contribution < -0.4 is 14.8 Å². The van der Waals surface area contributed by atoms with Crippen molar-refractivity contribution < 1.29 is 23.0 Å². The predicted octanol–water partition coefficient (Wildman–Crippen LogP) is 1.96. The number of methoxy groups -OCH3 is 1. The van der Waals surface area contributed by atoms with Crippen LogP contribution in [0, 0.1) is 0 Å². The van der Waals surface area contributed by atoms with Gasteiger partial charge < -0.3 is 14.8 Å². The van der Waals surface area contributed by atoms with Crippen LogP contribution in [0.1, 0.15) is 15.9 Å². The lowest BCUT2D eigenvalue weighted by molar-refractivity contribution is -0.0512. The van der Waals surface area contributed by atoms with Gasteiger partial charge in [-0.2, -0.15) is 13.9 Å². The van der Waals surface area contributed by atoms with Gasteiger partial charge in [0.25, 0.3) is 5.91 Å². The molecular formula is C14H15F2N3O3. The summed E-state index contributed by atoms with van der Waals surface area (Å²) in [6.45, 7) is -2.65. The Bertz CT molecular complexity index is 659. The molecule has 1 aromatic heterocycles. The fourth-order valence-corrected chi connectivity index (χ4v) is 1.85. The maximum absolute atomic E-state index is 12.2. The van der Waals surface area contributed by atoms with Gasteiger partial charge in [-0.25, -0.2) is 0 Å². The number of halogens is 2. The number of hydrogen-bond donors (Lipinski definition) is 1. The van der Waals surface area contributed by atoms with Crippen molar-refractivity contribution in [2.75, 3.05) is 7.11 Å². The average Bonchev–Trinajstić information content (AvgIpc) is 2.90. The molecule has 0 saturated heterocycles. The first-order valence-electron chi connectivity index (χ1n) is 6.38. The van der Waals surface area contributed by atoms with Gasteiger partial charge in [-0.15, -0.1) is 0 Å². The Labute approximate surface area is 125 Å². The molecule has 1 aromatic carbocycles. The molecule has 1 amide bonds. The number of carbonyl (C=O) groups excluding carboxylic acids is 1. The summed E-state index contributed by atoms with van der Waals surface area (Å²) < 4.78 is 35.4. The average molecular weight is 311 g/mol. The summed E-state index contributed by atoms with van der Waals surface area (Å²) in [6.07, 6.45) is 3.42. The number of benzene rings is 1. The molecule has 1 N–H and O–H groups in total. The molecule has 0 bridgehead atoms. The number of aryl methyl sites for hydroxylation is 1. The number of hydrogen-bond acceptors (Lipinski definition) is 4. The summed E-state index contributed by atoms with van der Waals surface area (Å²) in [6, 6.07) is 4.00. The third kappa shape index (κ3) is 3.94. The van der Waals surface area contributed by atoms with Gasteiger partial charge in [-0.1, -0.05) is 0 Å². The van der Waals surface area contributed by atoms with Gasteiger partial charge in [-0.3, -0.25) is 9.48 Å². The van der Waals surface area contributed by atoms with E-state index in [9.17, 15) is 13.6 Å². The normalized spacial score (nSPS) is 10.6. The van der Waals surface area contributed by atoms with Crippen molar-refractivity contribution in [3.63, 3.8) is 0 Å². The molecule has 0 fully saturated rings. The molecule has 0 aliphatic carbocycles. The molecule has 0 aliphatic heterocycles. The molecule has 0 unspecified atom stereocenters. The molecule has 1 heterocycles. The van der Waals surface area contributed by atoms with Crippen LogP contribution in [0.15, 0.2) is 30.6 Å². The number of amides is 1. The lowest BCUT2D eigenvalue weighted by Gasteiger charge is -2.11. The van der Waals surface area contributed by atoms with Crippen LogP contribution in [0.4, 0.5) is 8.78 Å². The number of rotatable bonds is 6. The van der Waals surface area contributed by atoms with Gasteiger partial charge in [-0.05, 0) is 18.2 Å². The van der Waals surface area contributed by atoms with E-state index in [1.807, 2.05) is 0 Å². The van der Waals surface area contributed by atoms with E-state index in [1.54, 1.807) is 24.1 Å². The summed E-state index contributed by atoms with van der Waals surface area (Å²) in [5, 5.41) is 6.69. The molecule has 22 heavy (non-hydrogen) atoms. The highest BCUT2D eigenvalue weighted by Crippen LogP contribution is 2.29. The standard InChI is InChI=1S/C14H15F2N3O3/c1-19-8-9(7-18-19)6-17-13(20)10-3-4-11(22-14(15)16)12(5-10)21-2/h3-5,7-8,14H,6H2,1-2H3,(H,17,20). The van der Waals surface area contributed by atoms with E-state index in [4.69, 9.17) is 4.74 Å². The molecule has 0 aliphatic rings. The molecule has 0 radical (unpaired) electrons. The molecule has 0 atom stereocenters. The van der Waals surface area contributed by atoms with Crippen molar-refractivity contribution in [2.24, 2.45) is 7.05 Å². The highest BCUT2D eigenvalue weighted by molar-refractivity contribution is 5.94. The van der Waals surface area contributed by atoms with Crippen LogP contribution in [0.2, 0.25) is 0 Å². The van der Waals surface area contributed by atoms with E-state index in [-0.39, 0.29) is 23.0 Å². The Hall–Kier alpha value is -2.64. The zero-order valence-corrected chi connectivity index (χ0v) is 12.0. The lowest BCUT2D eigenvalue weighted by atomic mass is 10.2. The van der Waals surface area contributed by atoms with Crippen molar-refractivity contribution in [3.8, 4) is 11.5 Å². The topological polar surface area (TPSA) is 65.4 Å². The summed E-state index contributed by atoms with van der Waals surface area (Å²) in [4.78, 5) is 12.0. The minimum atomic E-state index is -2.96. The van der Waals surface area contributed by atoms with Crippen molar-refractivity contribution in [2.45, 2.75) is 13.2 Å². The van der Waals surface area contributed by atoms with E-state index < -0.39 is 6.61 Å². The highest BCUT2D eigenvalue weighted by atomic mass is 19.3. The summed E-state index contributed by atoms with van der Waals surface area (Å²) in [5.41, 5.74) is 1.13. The van der Waals surface area contributed by atoms with E-state index in [2.05, 4.69) is 15.2 Å². The van der Waals surface area contributed by atoms with Crippen LogP contribution in [0.25, 0.3) is 0 Å². The minimum absolute atomic E-state index is 0.0642. The van der Waals surface area contributed by atoms with Gasteiger partial charge in [0.2, 0.25) is 0 Å². The third-order valence-electron chi connectivity index (χ3n) is 2.85. The smallest absolute Gasteiger partial charge is 0.387 e. The monoisotopic (exact) mass is 311 g/mol. The Morgan fingerprint density at radius 3 is 2.77 bits per heavy atom. The van der Waals surface area contributed by atoms with Crippen molar-refractivity contribution in [1.29, 1.82) is 0 Å². The number of alkyl halides is 2. The largest absolute Gasteiger partial charge is 0.493 e. The van der Waals surface area contributed by atoms with Gasteiger partial charge >= 0.3 is 6.61 Å². The Kier molecular flexibility index (Phi) is 4.92. The van der Waals surface area contributed by atoms with Crippen LogP contribution in [-0.2, 0) is 13.6 Å². The van der Waals surface area contributed by atoms with Crippen LogP contribution in [0.5, 0.6) is 11.5 Å². The van der Waals surface area contributed by atoms with Gasteiger partial charge in [0.05, 0.1) is 13.3 Å². The van der Waals surface area contributed by atoms with Gasteiger partial charge in [0, 0.05) is 30.9 Å². The first kappa shape index (κ1) is 15.7. The fraction of sp³-hybridized carbons (Fsp3) is 0.286. The predicted molar refractivity (Wildman–Crippen MR) is 74.0 cm³/mol. The van der Waals surface area contributed by atoms with E-state index in [0.29, 0.717) is 6.54 Å². The van der Waals surface area contributed by atoms with Crippen LogP contribution >= 0.6 is 0 Å². The zero-order valence-electron chi connectivity index (χ0n) is 12.0. The molecule has 6 nitrogen and oxygen atoms in total. The fourth-order valence-electron chi connectivity index (χ4n) is 1.85. The lowest BCUT2D eigenvalue weighted by Crippen LogP contribution is -2.22. The molecular weight excluding hydrogens is 296 g/mol. The Balaban J connectivity index is 2.06. The quantitative estimate of drug-likeness (QED) is 0.885. The summed E-state index contributed by atoms with van der Waals surface area (Å²) in [7, 11) is 3.09. The van der Waals surface area contributed by atoms with Crippen molar-refractivity contribution in [1.82, 2.24) is 15.1 Å². The van der Waals surface area contributed by atoms with Crippen molar-refractivity contribution in [3.05, 3.63) is 41.7 Å². The van der Waals surface area contributed by atoms with Crippen LogP contribution in [-0.4, -0.2) is 29.4 Å². The maximum atomic E-state index is 12.2. The molecule has 8 heteroatoms. The number of carbonyl (C=O) groups is 1. The van der Waals surface area contributed by atoms with Crippen molar-refractivity contribution >= 4 is 5.91 Å². The molecule has 118 valence electrons. The van der Waals surface area contributed by atoms with E-state index in [0.717, 1.165) is 5.56 Å². The Morgan fingerprint density at radius 2 is 2.18 bits per heavy atom. The Morgan fingerprint density at radius 1 is 1.41 bits per heavy atom. The SMILES string of the molecule is COc1cc(C(=O)NCc2cnn(C)c2)ccc1OC(F)F. The van der Waals surface area contributed by atoms with Gasteiger partial charge in [0.1, 0.15) is 0 Å². The number of aromatic nitrogens is 2. The van der Waals surface area contributed by atoms with Gasteiger partial charge in [0.15, 0.2) is 11.5 Å². The van der Waals surface area contributed by atoms with E-state index >= 15 is 0 Å². The second-order valence-corrected chi connectivity index (χ2v) is 4.45. The second-order valence-electron chi connectivity index (χ2n) is 4.45. The zero-order chi connectivity index (χ0) is 16.1. The summed E-state index contributed by atoms with van der Waals surface area (Å²) in [5.74, 6) is -0.415. The third-order valence-corrected chi connectivity index (χ3v) is 2.85. The number of nitrogens with one attached hydrogen (secondary N) is 1.